The number of benzene rings is 2. The van der Waals surface area contributed by atoms with Gasteiger partial charge < -0.3 is 14.8 Å². The Morgan fingerprint density at radius 2 is 1.77 bits per heavy atom. The number of carbonyl (C=O) groups is 1. The second-order valence-electron chi connectivity index (χ2n) is 11.2. The molecular weight excluding hydrogens is 443 g/mol. The van der Waals surface area contributed by atoms with Crippen LogP contribution in [0.4, 0.5) is 4.39 Å². The van der Waals surface area contributed by atoms with Gasteiger partial charge in [0.2, 0.25) is 0 Å². The second kappa shape index (κ2) is 9.47. The topological polar surface area (TPSA) is 75.3 Å². The first kappa shape index (κ1) is 25.5. The van der Waals surface area contributed by atoms with E-state index in [4.69, 9.17) is 0 Å². The minimum Gasteiger partial charge on any atom is -0.386 e. The largest absolute Gasteiger partial charge is 0.386 e. The predicted octanol–water partition coefficient (Wildman–Crippen LogP) is 5.88. The zero-order valence-electron chi connectivity index (χ0n) is 21.3. The van der Waals surface area contributed by atoms with Crippen LogP contribution in [0.1, 0.15) is 89.6 Å². The van der Waals surface area contributed by atoms with Gasteiger partial charge in [-0.15, -0.1) is 0 Å². The van der Waals surface area contributed by atoms with Crippen LogP contribution >= 0.6 is 0 Å². The van der Waals surface area contributed by atoms with E-state index >= 15 is 4.39 Å². The quantitative estimate of drug-likeness (QED) is 0.355. The highest BCUT2D eigenvalue weighted by atomic mass is 19.1. The van der Waals surface area contributed by atoms with Crippen LogP contribution < -0.4 is 0 Å². The fourth-order valence-corrected chi connectivity index (χ4v) is 5.20. The summed E-state index contributed by atoms with van der Waals surface area (Å²) in [5.74, 6) is 0.442. The number of Topliss-reactive ketones (excluding diaryl/α,β-unsaturated/α-hetero) is 1. The molecule has 4 rings (SSSR count). The molecule has 1 aliphatic carbocycles. The summed E-state index contributed by atoms with van der Waals surface area (Å²) in [6.07, 6.45) is 5.68. The number of rotatable bonds is 10. The maximum Gasteiger partial charge on any atom is 0.151 e. The summed E-state index contributed by atoms with van der Waals surface area (Å²) in [6, 6.07) is 12.5. The minimum atomic E-state index is -1.18. The number of aliphatic hydroxyl groups is 2. The van der Waals surface area contributed by atoms with E-state index in [0.29, 0.717) is 30.3 Å². The van der Waals surface area contributed by atoms with Crippen LogP contribution in [0.2, 0.25) is 0 Å². The van der Waals surface area contributed by atoms with Crippen molar-refractivity contribution in [3.8, 4) is 0 Å². The van der Waals surface area contributed by atoms with Crippen LogP contribution in [0.5, 0.6) is 0 Å². The molecule has 1 fully saturated rings. The molecule has 1 aliphatic rings. The molecule has 2 aromatic carbocycles. The maximum absolute atomic E-state index is 15.0. The molecule has 188 valence electrons. The van der Waals surface area contributed by atoms with E-state index in [1.165, 1.54) is 6.07 Å². The number of hydrogen-bond acceptors (Lipinski definition) is 4. The molecule has 1 heterocycles. The monoisotopic (exact) mass is 480 g/mol. The average Bonchev–Trinajstić information content (AvgIpc) is 3.14. The van der Waals surface area contributed by atoms with Crippen molar-refractivity contribution in [2.24, 2.45) is 0 Å². The Hall–Kier alpha value is -2.57. The number of hydrogen-bond donors (Lipinski definition) is 2. The number of ketones is 1. The molecule has 0 radical (unpaired) electrons. The zero-order valence-corrected chi connectivity index (χ0v) is 21.3. The highest BCUT2D eigenvalue weighted by molar-refractivity contribution is 5.80. The summed E-state index contributed by atoms with van der Waals surface area (Å²) in [6.45, 7) is 7.18. The summed E-state index contributed by atoms with van der Waals surface area (Å²) in [7, 11) is 0. The molecule has 0 saturated heterocycles. The van der Waals surface area contributed by atoms with Crippen molar-refractivity contribution in [2.45, 2.75) is 95.8 Å². The van der Waals surface area contributed by atoms with E-state index in [-0.39, 0.29) is 17.7 Å². The van der Waals surface area contributed by atoms with Crippen LogP contribution in [0, 0.1) is 5.82 Å². The minimum absolute atomic E-state index is 0.0270. The lowest BCUT2D eigenvalue weighted by Gasteiger charge is -2.41. The van der Waals surface area contributed by atoms with Crippen molar-refractivity contribution in [2.75, 3.05) is 0 Å². The standard InChI is InChI=1S/C29H37FN2O3/c1-27(2,34)21-17-23(30)26-24(18-21)32(28(3)15-10-16-28)25(31-26)14-9-8-13-22(33)19-29(4,35)20-11-6-5-7-12-20/h5-7,11-12,17-18,34-35H,8-10,13-16,19H2,1-4H3. The first-order valence-electron chi connectivity index (χ1n) is 12.6. The van der Waals surface area contributed by atoms with E-state index in [9.17, 15) is 15.0 Å². The first-order valence-corrected chi connectivity index (χ1v) is 12.6. The van der Waals surface area contributed by atoms with Gasteiger partial charge in [0.15, 0.2) is 5.82 Å². The number of carbonyl (C=O) groups excluding carboxylic acids is 1. The number of aromatic nitrogens is 2. The Labute approximate surface area is 207 Å². The number of nitrogens with zero attached hydrogens (tertiary/aromatic N) is 2. The highest BCUT2D eigenvalue weighted by Gasteiger charge is 2.37. The predicted molar refractivity (Wildman–Crippen MR) is 136 cm³/mol. The molecule has 0 amide bonds. The third-order valence-corrected chi connectivity index (χ3v) is 7.50. The molecule has 1 aromatic heterocycles. The molecule has 0 bridgehead atoms. The van der Waals surface area contributed by atoms with Crippen molar-refractivity contribution in [3.05, 3.63) is 65.2 Å². The number of unbranched alkanes of at least 4 members (excludes halogenated alkanes) is 1. The summed E-state index contributed by atoms with van der Waals surface area (Å²) < 4.78 is 17.2. The van der Waals surface area contributed by atoms with Gasteiger partial charge in [-0.05, 0) is 83.1 Å². The molecule has 1 atom stereocenters. The normalized spacial score (nSPS) is 17.2. The van der Waals surface area contributed by atoms with Gasteiger partial charge in [-0.3, -0.25) is 4.79 Å². The molecule has 5 nitrogen and oxygen atoms in total. The van der Waals surface area contributed by atoms with Gasteiger partial charge in [-0.2, -0.15) is 0 Å². The second-order valence-corrected chi connectivity index (χ2v) is 11.2. The van der Waals surface area contributed by atoms with Crippen LogP contribution in [-0.4, -0.2) is 25.5 Å². The summed E-state index contributed by atoms with van der Waals surface area (Å²) >= 11 is 0. The summed E-state index contributed by atoms with van der Waals surface area (Å²) in [4.78, 5) is 17.3. The Balaban J connectivity index is 1.47. The fourth-order valence-electron chi connectivity index (χ4n) is 5.20. The molecule has 1 unspecified atom stereocenters. The van der Waals surface area contributed by atoms with Gasteiger partial charge in [-0.25, -0.2) is 9.37 Å². The van der Waals surface area contributed by atoms with Crippen molar-refractivity contribution >= 4 is 16.8 Å². The van der Waals surface area contributed by atoms with Gasteiger partial charge >= 0.3 is 0 Å². The third kappa shape index (κ3) is 5.34. The maximum atomic E-state index is 15.0. The van der Waals surface area contributed by atoms with Gasteiger partial charge in [-0.1, -0.05) is 30.3 Å². The van der Waals surface area contributed by atoms with E-state index in [1.807, 2.05) is 36.4 Å². The zero-order chi connectivity index (χ0) is 25.4. The molecule has 1 saturated carbocycles. The van der Waals surface area contributed by atoms with Crippen LogP contribution in [0.15, 0.2) is 42.5 Å². The van der Waals surface area contributed by atoms with Gasteiger partial charge in [0.25, 0.3) is 0 Å². The van der Waals surface area contributed by atoms with Crippen molar-refractivity contribution in [1.82, 2.24) is 9.55 Å². The number of aryl methyl sites for hydroxylation is 1. The van der Waals surface area contributed by atoms with Crippen molar-refractivity contribution < 1.29 is 19.4 Å². The molecule has 0 aliphatic heterocycles. The van der Waals surface area contributed by atoms with Crippen LogP contribution in [0.3, 0.4) is 0 Å². The van der Waals surface area contributed by atoms with Gasteiger partial charge in [0, 0.05) is 24.8 Å². The SMILES string of the molecule is CC(C)(O)c1cc(F)c2nc(CCCCC(=O)CC(C)(O)c3ccccc3)n(C3(C)CCC3)c2c1. The van der Waals surface area contributed by atoms with E-state index in [1.54, 1.807) is 20.8 Å². The highest BCUT2D eigenvalue weighted by Crippen LogP contribution is 2.43. The lowest BCUT2D eigenvalue weighted by atomic mass is 9.78. The molecule has 3 aromatic rings. The molecule has 2 N–H and O–H groups in total. The number of fused-ring (bicyclic) bond motifs is 1. The van der Waals surface area contributed by atoms with Crippen LogP contribution in [0.25, 0.3) is 11.0 Å². The average molecular weight is 481 g/mol. The Morgan fingerprint density at radius 1 is 1.09 bits per heavy atom. The Bertz CT molecular complexity index is 1200. The number of halogens is 1. The van der Waals surface area contributed by atoms with Crippen molar-refractivity contribution in [1.29, 1.82) is 0 Å². The summed E-state index contributed by atoms with van der Waals surface area (Å²) in [5.41, 5.74) is -0.0887. The lowest BCUT2D eigenvalue weighted by Crippen LogP contribution is -2.38. The van der Waals surface area contributed by atoms with E-state index < -0.39 is 17.0 Å². The van der Waals surface area contributed by atoms with E-state index in [0.717, 1.165) is 42.6 Å². The fraction of sp³-hybridized carbons (Fsp3) is 0.517. The third-order valence-electron chi connectivity index (χ3n) is 7.50. The Kier molecular flexibility index (Phi) is 6.91. The molecule has 35 heavy (non-hydrogen) atoms. The lowest BCUT2D eigenvalue weighted by molar-refractivity contribution is -0.123. The van der Waals surface area contributed by atoms with E-state index in [2.05, 4.69) is 16.5 Å². The summed E-state index contributed by atoms with van der Waals surface area (Å²) in [5, 5.41) is 21.2. The van der Waals surface area contributed by atoms with Gasteiger partial charge in [0.1, 0.15) is 17.1 Å². The Morgan fingerprint density at radius 3 is 2.37 bits per heavy atom. The first-order chi connectivity index (χ1) is 16.4. The number of imidazole rings is 1. The smallest absolute Gasteiger partial charge is 0.151 e. The molecule has 6 heteroatoms. The van der Waals surface area contributed by atoms with Crippen molar-refractivity contribution in [3.63, 3.8) is 0 Å². The van der Waals surface area contributed by atoms with Gasteiger partial charge in [0.05, 0.1) is 16.7 Å². The molecular formula is C29H37FN2O3. The van der Waals surface area contributed by atoms with Crippen LogP contribution in [-0.2, 0) is 28.0 Å². The molecule has 0 spiro atoms.